The van der Waals surface area contributed by atoms with Gasteiger partial charge in [-0.2, -0.15) is 0 Å². The van der Waals surface area contributed by atoms with Gasteiger partial charge in [-0.15, -0.1) is 0 Å². The Morgan fingerprint density at radius 1 is 0.333 bits per heavy atom. The molecule has 16 heteroatoms. The minimum atomic E-state index is -5.66. The maximum atomic E-state index is 14.6. The highest BCUT2D eigenvalue weighted by Gasteiger charge is 2.40. The van der Waals surface area contributed by atoms with E-state index in [0.29, 0.717) is 0 Å². The van der Waals surface area contributed by atoms with Gasteiger partial charge in [-0.25, -0.2) is 65.9 Å². The number of hydrogen-bond acceptors (Lipinski definition) is 0. The molecule has 0 heterocycles. The van der Waals surface area contributed by atoms with Crippen LogP contribution in [0, 0.1) is 87.3 Å². The van der Waals surface area contributed by atoms with Crippen molar-refractivity contribution >= 4 is 23.3 Å². The van der Waals surface area contributed by atoms with Gasteiger partial charge in [-0.05, 0) is 19.3 Å². The van der Waals surface area contributed by atoms with Gasteiger partial charge in [-0.3, -0.25) is 0 Å². The minimum absolute atomic E-state index is 0.0571. The number of rotatable bonds is 3. The molecule has 0 aliphatic carbocycles. The van der Waals surface area contributed by atoms with Crippen molar-refractivity contribution in [2.75, 3.05) is 6.66 Å². The van der Waals surface area contributed by atoms with E-state index >= 15 is 0 Å². The van der Waals surface area contributed by atoms with Crippen molar-refractivity contribution in [3.8, 4) is 0 Å². The fourth-order valence-electron chi connectivity index (χ4n) is 3.24. The zero-order valence-electron chi connectivity index (χ0n) is 16.7. The van der Waals surface area contributed by atoms with Crippen molar-refractivity contribution in [1.29, 1.82) is 0 Å². The fourth-order valence-corrected chi connectivity index (χ4v) is 6.49. The van der Waals surface area contributed by atoms with E-state index in [-0.39, 0.29) is 6.66 Å². The third-order valence-electron chi connectivity index (χ3n) is 4.93. The summed E-state index contributed by atoms with van der Waals surface area (Å²) in [7, 11) is 0. The quantitative estimate of drug-likeness (QED) is 0.155. The van der Waals surface area contributed by atoms with Gasteiger partial charge in [0.2, 0.25) is 17.5 Å². The van der Waals surface area contributed by atoms with Crippen LogP contribution in [-0.2, 0) is 0 Å². The molecule has 0 spiro atoms. The second kappa shape index (κ2) is 9.09. The average molecular weight is 560 g/mol. The molecule has 0 fully saturated rings. The number of benzene rings is 3. The summed E-state index contributed by atoms with van der Waals surface area (Å²) in [6, 6.07) is 0. The Kier molecular flexibility index (Phi) is 6.94. The summed E-state index contributed by atoms with van der Waals surface area (Å²) in [5.74, 6) is -43.1. The summed E-state index contributed by atoms with van der Waals surface area (Å²) < 4.78 is 210. The van der Waals surface area contributed by atoms with Crippen LogP contribution in [-0.4, -0.2) is 12.5 Å². The van der Waals surface area contributed by atoms with Gasteiger partial charge in [0.05, 0.1) is 16.2 Å². The normalized spacial score (nSPS) is 11.9. The van der Waals surface area contributed by atoms with Gasteiger partial charge in [0, 0.05) is 0 Å². The first-order chi connectivity index (χ1) is 16.5. The largest absolute Gasteiger partial charge is 0.203 e. The first kappa shape index (κ1) is 27.5. The Labute approximate surface area is 189 Å². The molecule has 0 amide bonds. The first-order valence-electron chi connectivity index (χ1n) is 8.78. The molecule has 0 saturated heterocycles. The third kappa shape index (κ3) is 3.75. The van der Waals surface area contributed by atoms with Gasteiger partial charge in [0.15, 0.2) is 69.8 Å². The van der Waals surface area contributed by atoms with Crippen LogP contribution in [0.15, 0.2) is 0 Å². The van der Waals surface area contributed by atoms with E-state index < -0.39 is 116 Å². The van der Waals surface area contributed by atoms with Crippen LogP contribution >= 0.6 is 6.89 Å². The van der Waals surface area contributed by atoms with Crippen molar-refractivity contribution in [3.63, 3.8) is 0 Å². The van der Waals surface area contributed by atoms with E-state index in [9.17, 15) is 65.9 Å². The van der Waals surface area contributed by atoms with Crippen molar-refractivity contribution in [3.05, 3.63) is 92.8 Å². The van der Waals surface area contributed by atoms with Crippen LogP contribution in [0.2, 0.25) is 0 Å². The smallest absolute Gasteiger partial charge is 0.200 e. The van der Waals surface area contributed by atoms with Crippen molar-refractivity contribution in [2.24, 2.45) is 0 Å². The van der Waals surface area contributed by atoms with Crippen LogP contribution in [0.5, 0.6) is 0 Å². The first-order valence-corrected chi connectivity index (χ1v) is 11.1. The fraction of sp³-hybridized carbons (Fsp3) is 0.0500. The Morgan fingerprint density at radius 3 is 0.778 bits per heavy atom. The highest BCUT2D eigenvalue weighted by Crippen LogP contribution is 2.47. The lowest BCUT2D eigenvalue weighted by atomic mass is 10.2. The molecular formula is C20H4F15P. The Bertz CT molecular complexity index is 1350. The molecule has 0 unspecified atom stereocenters. The molecule has 0 bridgehead atoms. The lowest BCUT2D eigenvalue weighted by Crippen LogP contribution is -2.32. The van der Waals surface area contributed by atoms with E-state index in [1.807, 2.05) is 0 Å². The second-order valence-electron chi connectivity index (χ2n) is 7.03. The van der Waals surface area contributed by atoms with Crippen molar-refractivity contribution < 1.29 is 65.9 Å². The molecule has 3 aromatic rings. The van der Waals surface area contributed by atoms with E-state index in [1.54, 1.807) is 0 Å². The van der Waals surface area contributed by atoms with Crippen LogP contribution in [0.3, 0.4) is 0 Å². The van der Waals surface area contributed by atoms with Crippen molar-refractivity contribution in [2.45, 2.75) is 0 Å². The van der Waals surface area contributed by atoms with Crippen LogP contribution in [0.4, 0.5) is 65.9 Å². The topological polar surface area (TPSA) is 0 Å². The molecule has 36 heavy (non-hydrogen) atoms. The average Bonchev–Trinajstić information content (AvgIpc) is 2.84. The lowest BCUT2D eigenvalue weighted by molar-refractivity contribution is 0.377. The summed E-state index contributed by atoms with van der Waals surface area (Å²) in [5, 5.41) is -4.68. The molecule has 3 rings (SSSR count). The van der Waals surface area contributed by atoms with E-state index in [4.69, 9.17) is 0 Å². The summed E-state index contributed by atoms with van der Waals surface area (Å²) in [6.07, 6.45) is 0. The van der Waals surface area contributed by atoms with E-state index in [2.05, 4.69) is 0 Å². The molecule has 0 atom stereocenters. The molecule has 0 aromatic heterocycles. The lowest BCUT2D eigenvalue weighted by Gasteiger charge is -2.26. The van der Waals surface area contributed by atoms with E-state index in [1.165, 1.54) is 0 Å². The Balaban J connectivity index is 2.74. The predicted molar refractivity (Wildman–Crippen MR) is 96.0 cm³/mol. The third-order valence-corrected chi connectivity index (χ3v) is 8.35. The number of hydrogen-bond donors (Lipinski definition) is 0. The van der Waals surface area contributed by atoms with Crippen LogP contribution < -0.4 is 10.6 Å². The standard InChI is InChI=1S/C20H4F15P/c1-36(19-15(32)11(28)9(26)12(29)16(19)33,20-17(34)13(30)10(27)14(31)18(20)35)2-3-4(21)6(23)8(25)7(24)5(3)22/h2H,1H3. The summed E-state index contributed by atoms with van der Waals surface area (Å²) in [6.45, 7) is -5.60. The minimum Gasteiger partial charge on any atom is -0.203 e. The van der Waals surface area contributed by atoms with Gasteiger partial charge < -0.3 is 0 Å². The maximum absolute atomic E-state index is 14.6. The van der Waals surface area contributed by atoms with E-state index in [0.717, 1.165) is 0 Å². The molecule has 0 nitrogen and oxygen atoms in total. The van der Waals surface area contributed by atoms with Gasteiger partial charge in [0.25, 0.3) is 0 Å². The molecule has 3 aromatic carbocycles. The second-order valence-corrected chi connectivity index (χ2v) is 10.3. The highest BCUT2D eigenvalue weighted by atomic mass is 31.2. The van der Waals surface area contributed by atoms with Gasteiger partial charge in [-0.1, -0.05) is 0 Å². The molecule has 0 N–H and O–H groups in total. The van der Waals surface area contributed by atoms with Gasteiger partial charge in [0.1, 0.15) is 0 Å². The van der Waals surface area contributed by atoms with Gasteiger partial charge >= 0.3 is 0 Å². The van der Waals surface area contributed by atoms with Crippen LogP contribution in [0.1, 0.15) is 5.56 Å². The maximum Gasteiger partial charge on any atom is 0.200 e. The SMILES string of the molecule is CP(=Cc1c(F)c(F)c(F)c(F)c1F)(c1c(F)c(F)c(F)c(F)c1F)c1c(F)c(F)c(F)c(F)c1F. The molecular weight excluding hydrogens is 556 g/mol. The van der Waals surface area contributed by atoms with Crippen molar-refractivity contribution in [1.82, 2.24) is 0 Å². The zero-order chi connectivity index (χ0) is 27.6. The summed E-state index contributed by atoms with van der Waals surface area (Å²) >= 11 is 0. The van der Waals surface area contributed by atoms with Crippen LogP contribution in [0.25, 0.3) is 0 Å². The molecule has 0 saturated carbocycles. The zero-order valence-corrected chi connectivity index (χ0v) is 17.6. The number of halogens is 15. The monoisotopic (exact) mass is 560 g/mol. The predicted octanol–water partition coefficient (Wildman–Crippen LogP) is 6.22. The molecule has 0 aliphatic heterocycles. The highest BCUT2D eigenvalue weighted by molar-refractivity contribution is 7.88. The molecule has 194 valence electrons. The summed E-state index contributed by atoms with van der Waals surface area (Å²) in [4.78, 5) is 0. The molecule has 0 radical (unpaired) electrons. The Hall–Kier alpha value is -3.09. The summed E-state index contributed by atoms with van der Waals surface area (Å²) in [5.41, 5.74) is -2.21. The Morgan fingerprint density at radius 2 is 0.528 bits per heavy atom. The molecule has 0 aliphatic rings.